The van der Waals surface area contributed by atoms with Gasteiger partial charge in [-0.2, -0.15) is 4.98 Å². The van der Waals surface area contributed by atoms with Crippen molar-refractivity contribution in [2.24, 2.45) is 0 Å². The van der Waals surface area contributed by atoms with Gasteiger partial charge in [0, 0.05) is 33.4 Å². The summed E-state index contributed by atoms with van der Waals surface area (Å²) in [4.78, 5) is 39.6. The zero-order chi connectivity index (χ0) is 28.5. The lowest BCUT2D eigenvalue weighted by molar-refractivity contribution is -0.119. The molecule has 4 heterocycles. The second-order valence-electron chi connectivity index (χ2n) is 9.93. The molecular formula is C29H25Cl2N5O4. The van der Waals surface area contributed by atoms with E-state index in [0.29, 0.717) is 49.9 Å². The van der Waals surface area contributed by atoms with Crippen LogP contribution in [0.2, 0.25) is 10.0 Å². The van der Waals surface area contributed by atoms with Gasteiger partial charge in [0.15, 0.2) is 11.2 Å². The maximum atomic E-state index is 14.5. The summed E-state index contributed by atoms with van der Waals surface area (Å²) in [7, 11) is 3.02. The number of aromatic nitrogens is 3. The number of hydrogen-bond acceptors (Lipinski definition) is 6. The third-order valence-corrected chi connectivity index (χ3v) is 7.82. The Balaban J connectivity index is 1.73. The molecule has 0 bridgehead atoms. The highest BCUT2D eigenvalue weighted by atomic mass is 35.5. The Morgan fingerprint density at radius 1 is 0.950 bits per heavy atom. The van der Waals surface area contributed by atoms with Crippen LogP contribution in [-0.4, -0.2) is 40.6 Å². The van der Waals surface area contributed by atoms with Gasteiger partial charge in [0.05, 0.1) is 31.2 Å². The molecule has 4 aromatic rings. The minimum atomic E-state index is -1.58. The molecule has 204 valence electrons. The molecule has 0 fully saturated rings. The molecule has 9 nitrogen and oxygen atoms in total. The van der Waals surface area contributed by atoms with Crippen LogP contribution in [0.25, 0.3) is 11.4 Å². The molecule has 1 unspecified atom stereocenters. The van der Waals surface area contributed by atoms with Gasteiger partial charge in [-0.15, -0.1) is 0 Å². The number of fused-ring (bicyclic) bond motifs is 4. The molecule has 1 spiro atoms. The number of pyridine rings is 1. The quantitative estimate of drug-likeness (QED) is 0.311. The number of ether oxygens (including phenoxy) is 2. The fourth-order valence-corrected chi connectivity index (χ4v) is 6.03. The van der Waals surface area contributed by atoms with Crippen LogP contribution in [0.1, 0.15) is 47.2 Å². The molecule has 2 aliphatic rings. The lowest BCUT2D eigenvalue weighted by Gasteiger charge is -2.36. The van der Waals surface area contributed by atoms with Crippen LogP contribution in [0.3, 0.4) is 0 Å². The SMILES string of the molecule is COc1ccc(-c2nc3c(n2C(C)C)C2(C(=O)Nc4cc(Cl)ccc42)N(c2cc(Cl)ccc2C)C3=O)c(OC)n1. The highest BCUT2D eigenvalue weighted by Gasteiger charge is 2.64. The normalized spacial score (nSPS) is 17.4. The monoisotopic (exact) mass is 577 g/mol. The van der Waals surface area contributed by atoms with Gasteiger partial charge in [-0.1, -0.05) is 35.3 Å². The first-order chi connectivity index (χ1) is 19.1. The molecule has 0 radical (unpaired) electrons. The first-order valence-corrected chi connectivity index (χ1v) is 13.3. The highest BCUT2D eigenvalue weighted by molar-refractivity contribution is 6.32. The Morgan fingerprint density at radius 3 is 2.38 bits per heavy atom. The predicted octanol–water partition coefficient (Wildman–Crippen LogP) is 6.01. The number of amides is 2. The summed E-state index contributed by atoms with van der Waals surface area (Å²) >= 11 is 12.7. The van der Waals surface area contributed by atoms with Crippen molar-refractivity contribution in [3.8, 4) is 23.1 Å². The summed E-state index contributed by atoms with van der Waals surface area (Å²) in [6, 6.07) is 13.7. The molecule has 2 aromatic carbocycles. The van der Waals surface area contributed by atoms with E-state index in [9.17, 15) is 9.59 Å². The Labute approximate surface area is 240 Å². The molecule has 2 aliphatic heterocycles. The molecule has 0 saturated heterocycles. The smallest absolute Gasteiger partial charge is 0.280 e. The van der Waals surface area contributed by atoms with Crippen LogP contribution >= 0.6 is 23.2 Å². The van der Waals surface area contributed by atoms with E-state index in [-0.39, 0.29) is 17.6 Å². The molecule has 0 saturated carbocycles. The van der Waals surface area contributed by atoms with E-state index in [1.54, 1.807) is 42.5 Å². The molecule has 6 rings (SSSR count). The van der Waals surface area contributed by atoms with Crippen molar-refractivity contribution in [1.29, 1.82) is 0 Å². The topological polar surface area (TPSA) is 98.6 Å². The van der Waals surface area contributed by atoms with Gasteiger partial charge in [0.2, 0.25) is 11.8 Å². The summed E-state index contributed by atoms with van der Waals surface area (Å²) in [6.45, 7) is 5.81. The minimum absolute atomic E-state index is 0.152. The van der Waals surface area contributed by atoms with Crippen molar-refractivity contribution in [1.82, 2.24) is 14.5 Å². The number of rotatable bonds is 5. The van der Waals surface area contributed by atoms with E-state index in [1.807, 2.05) is 31.4 Å². The average Bonchev–Trinajstić information content (AvgIpc) is 3.53. The third kappa shape index (κ3) is 3.47. The highest BCUT2D eigenvalue weighted by Crippen LogP contribution is 2.55. The predicted molar refractivity (Wildman–Crippen MR) is 153 cm³/mol. The van der Waals surface area contributed by atoms with Crippen molar-refractivity contribution >= 4 is 46.4 Å². The third-order valence-electron chi connectivity index (χ3n) is 7.35. The summed E-state index contributed by atoms with van der Waals surface area (Å²) in [6.07, 6.45) is 0. The van der Waals surface area contributed by atoms with Gasteiger partial charge in [-0.3, -0.25) is 14.5 Å². The number of hydrogen-bond donors (Lipinski definition) is 1. The molecule has 1 N–H and O–H groups in total. The second kappa shape index (κ2) is 9.25. The number of aryl methyl sites for hydroxylation is 1. The van der Waals surface area contributed by atoms with Gasteiger partial charge in [-0.25, -0.2) is 4.98 Å². The van der Waals surface area contributed by atoms with E-state index in [4.69, 9.17) is 37.7 Å². The summed E-state index contributed by atoms with van der Waals surface area (Å²) in [5, 5.41) is 3.87. The van der Waals surface area contributed by atoms with Gasteiger partial charge in [0.1, 0.15) is 5.82 Å². The number of nitrogens with one attached hydrogen (secondary N) is 1. The maximum Gasteiger partial charge on any atom is 0.280 e. The lowest BCUT2D eigenvalue weighted by atomic mass is 9.86. The van der Waals surface area contributed by atoms with E-state index >= 15 is 0 Å². The van der Waals surface area contributed by atoms with E-state index in [2.05, 4.69) is 10.3 Å². The van der Waals surface area contributed by atoms with E-state index < -0.39 is 17.4 Å². The van der Waals surface area contributed by atoms with Crippen molar-refractivity contribution in [2.75, 3.05) is 24.4 Å². The number of methoxy groups -OCH3 is 2. The Morgan fingerprint density at radius 2 is 1.68 bits per heavy atom. The fourth-order valence-electron chi connectivity index (χ4n) is 5.69. The number of halogens is 2. The number of nitrogens with zero attached hydrogens (tertiary/aromatic N) is 4. The summed E-state index contributed by atoms with van der Waals surface area (Å²) < 4.78 is 12.8. The van der Waals surface area contributed by atoms with Crippen LogP contribution in [0, 0.1) is 6.92 Å². The molecule has 2 aromatic heterocycles. The van der Waals surface area contributed by atoms with Crippen LogP contribution in [0.15, 0.2) is 48.5 Å². The molecule has 40 heavy (non-hydrogen) atoms. The average molecular weight is 578 g/mol. The van der Waals surface area contributed by atoms with Crippen molar-refractivity contribution in [3.63, 3.8) is 0 Å². The van der Waals surface area contributed by atoms with Crippen molar-refractivity contribution in [3.05, 3.63) is 81.1 Å². The molecule has 11 heteroatoms. The van der Waals surface area contributed by atoms with Gasteiger partial charge < -0.3 is 19.4 Å². The molecular weight excluding hydrogens is 553 g/mol. The largest absolute Gasteiger partial charge is 0.481 e. The van der Waals surface area contributed by atoms with Gasteiger partial charge >= 0.3 is 0 Å². The van der Waals surface area contributed by atoms with Crippen molar-refractivity contribution < 1.29 is 19.1 Å². The Kier molecular flexibility index (Phi) is 6.05. The van der Waals surface area contributed by atoms with Crippen LogP contribution in [-0.2, 0) is 10.3 Å². The first kappa shape index (κ1) is 26.2. The minimum Gasteiger partial charge on any atom is -0.481 e. The Hall–Kier alpha value is -4.08. The van der Waals surface area contributed by atoms with Crippen LogP contribution in [0.4, 0.5) is 11.4 Å². The van der Waals surface area contributed by atoms with Gasteiger partial charge in [-0.05, 0) is 56.7 Å². The fraction of sp³-hybridized carbons (Fsp3) is 0.241. The zero-order valence-electron chi connectivity index (χ0n) is 22.4. The molecule has 2 amide bonds. The molecule has 1 atom stereocenters. The summed E-state index contributed by atoms with van der Waals surface area (Å²) in [5.41, 5.74) is 1.95. The maximum absolute atomic E-state index is 14.5. The van der Waals surface area contributed by atoms with Crippen LogP contribution in [0.5, 0.6) is 11.8 Å². The van der Waals surface area contributed by atoms with E-state index in [1.165, 1.54) is 19.1 Å². The number of carbonyl (C=O) groups excluding carboxylic acids is 2. The van der Waals surface area contributed by atoms with Gasteiger partial charge in [0.25, 0.3) is 11.8 Å². The Bertz CT molecular complexity index is 1730. The standard InChI is InChI=1S/C29H25Cl2N5O4/c1-14(2)35-24-23(34-25(35)18-9-11-22(39-4)33-26(18)40-5)27(37)36(21-13-17(31)7-6-15(21)3)29(24)19-10-8-16(30)12-20(19)32-28(29)38/h6-14H,1-5H3,(H,32,38). The number of benzene rings is 2. The first-order valence-electron chi connectivity index (χ1n) is 12.6. The van der Waals surface area contributed by atoms with E-state index in [0.717, 1.165) is 5.56 Å². The number of imidazole rings is 1. The summed E-state index contributed by atoms with van der Waals surface area (Å²) in [5.74, 6) is 0.255. The van der Waals surface area contributed by atoms with Crippen molar-refractivity contribution in [2.45, 2.75) is 32.4 Å². The lowest BCUT2D eigenvalue weighted by Crippen LogP contribution is -2.51. The zero-order valence-corrected chi connectivity index (χ0v) is 23.9. The number of carbonyl (C=O) groups is 2. The molecule has 0 aliphatic carbocycles. The second-order valence-corrected chi connectivity index (χ2v) is 10.8. The van der Waals surface area contributed by atoms with Crippen LogP contribution < -0.4 is 19.7 Å². The number of anilines is 2.